The van der Waals surface area contributed by atoms with E-state index in [1.165, 1.54) is 12.1 Å². The number of aryl methyl sites for hydroxylation is 1. The summed E-state index contributed by atoms with van der Waals surface area (Å²) in [6, 6.07) is 20.9. The molecule has 0 unspecified atom stereocenters. The molecule has 3 aromatic rings. The van der Waals surface area contributed by atoms with Crippen molar-refractivity contribution >= 4 is 17.5 Å². The van der Waals surface area contributed by atoms with Crippen LogP contribution in [0.5, 0.6) is 0 Å². The van der Waals surface area contributed by atoms with E-state index in [1.807, 2.05) is 48.5 Å². The summed E-state index contributed by atoms with van der Waals surface area (Å²) >= 11 is 6.45. The number of amides is 1. The smallest absolute Gasteiger partial charge is 0.358 e. The summed E-state index contributed by atoms with van der Waals surface area (Å²) in [6.45, 7) is 0. The van der Waals surface area contributed by atoms with Crippen molar-refractivity contribution in [3.05, 3.63) is 106 Å². The molecule has 0 aliphatic rings. The summed E-state index contributed by atoms with van der Waals surface area (Å²) < 4.78 is 38.6. The topological polar surface area (TPSA) is 41.1 Å². The summed E-state index contributed by atoms with van der Waals surface area (Å²) in [6.07, 6.45) is -3.32. The zero-order chi connectivity index (χ0) is 23.1. The van der Waals surface area contributed by atoms with Gasteiger partial charge in [0, 0.05) is 18.1 Å². The fourth-order valence-electron chi connectivity index (χ4n) is 3.57. The van der Waals surface area contributed by atoms with E-state index < -0.39 is 17.8 Å². The fraction of sp³-hybridized carbons (Fsp3) is 0.240. The number of nitrogens with one attached hydrogen (secondary N) is 2. The van der Waals surface area contributed by atoms with Gasteiger partial charge in [-0.2, -0.15) is 13.2 Å². The van der Waals surface area contributed by atoms with Gasteiger partial charge in [0.25, 0.3) is 0 Å². The van der Waals surface area contributed by atoms with Crippen molar-refractivity contribution in [3.63, 3.8) is 0 Å². The molecular weight excluding hydrogens is 437 g/mol. The van der Waals surface area contributed by atoms with Crippen molar-refractivity contribution in [2.45, 2.75) is 31.1 Å². The Balaban J connectivity index is 1.85. The van der Waals surface area contributed by atoms with Gasteiger partial charge in [0.2, 0.25) is 5.91 Å². The zero-order valence-corrected chi connectivity index (χ0v) is 18.3. The van der Waals surface area contributed by atoms with Gasteiger partial charge in [-0.15, -0.1) is 0 Å². The van der Waals surface area contributed by atoms with Crippen LogP contribution >= 0.6 is 11.6 Å². The van der Waals surface area contributed by atoms with Crippen LogP contribution in [0, 0.1) is 0 Å². The number of halogens is 4. The second-order valence-corrected chi connectivity index (χ2v) is 7.84. The molecule has 0 bridgehead atoms. The average molecular weight is 461 g/mol. The van der Waals surface area contributed by atoms with Gasteiger partial charge in [0.1, 0.15) is 6.04 Å². The van der Waals surface area contributed by atoms with E-state index >= 15 is 0 Å². The maximum absolute atomic E-state index is 12.9. The van der Waals surface area contributed by atoms with Crippen molar-refractivity contribution < 1.29 is 18.0 Å². The Kier molecular flexibility index (Phi) is 7.94. The molecule has 3 nitrogen and oxygen atoms in total. The highest BCUT2D eigenvalue weighted by atomic mass is 35.5. The number of carbonyl (C=O) groups is 1. The lowest BCUT2D eigenvalue weighted by atomic mass is 9.96. The number of hydrogen-bond acceptors (Lipinski definition) is 2. The van der Waals surface area contributed by atoms with Crippen LogP contribution < -0.4 is 10.6 Å². The van der Waals surface area contributed by atoms with Gasteiger partial charge in [-0.05, 0) is 47.7 Å². The summed E-state index contributed by atoms with van der Waals surface area (Å²) in [4.78, 5) is 12.7. The highest BCUT2D eigenvalue weighted by Crippen LogP contribution is 2.31. The van der Waals surface area contributed by atoms with Crippen molar-refractivity contribution in [2.24, 2.45) is 0 Å². The van der Waals surface area contributed by atoms with E-state index in [0.29, 0.717) is 17.9 Å². The molecule has 0 saturated carbocycles. The molecule has 0 aliphatic carbocycles. The normalized spacial score (nSPS) is 13.4. The first-order valence-corrected chi connectivity index (χ1v) is 10.6. The lowest BCUT2D eigenvalue weighted by Crippen LogP contribution is -2.38. The van der Waals surface area contributed by atoms with E-state index in [9.17, 15) is 18.0 Å². The highest BCUT2D eigenvalue weighted by Gasteiger charge is 2.30. The quantitative estimate of drug-likeness (QED) is 0.426. The largest absolute Gasteiger partial charge is 0.416 e. The second kappa shape index (κ2) is 10.7. The molecule has 3 rings (SSSR count). The third-order valence-corrected chi connectivity index (χ3v) is 5.64. The minimum absolute atomic E-state index is 0.192. The van der Waals surface area contributed by atoms with Crippen LogP contribution in [0.1, 0.15) is 40.8 Å². The molecule has 0 radical (unpaired) electrons. The number of alkyl halides is 3. The van der Waals surface area contributed by atoms with Crippen molar-refractivity contribution in [3.8, 4) is 0 Å². The Morgan fingerprint density at radius 1 is 0.938 bits per heavy atom. The number of likely N-dealkylation sites (N-methyl/N-ethyl adjacent to an activating group) is 1. The molecule has 0 aliphatic heterocycles. The van der Waals surface area contributed by atoms with Crippen molar-refractivity contribution in [2.75, 3.05) is 7.05 Å². The van der Waals surface area contributed by atoms with Crippen LogP contribution in [-0.4, -0.2) is 13.0 Å². The zero-order valence-electron chi connectivity index (χ0n) is 17.5. The molecule has 168 valence electrons. The molecule has 7 heteroatoms. The first-order valence-electron chi connectivity index (χ1n) is 10.2. The van der Waals surface area contributed by atoms with Crippen LogP contribution in [-0.2, 0) is 17.4 Å². The van der Waals surface area contributed by atoms with Crippen LogP contribution in [0.4, 0.5) is 13.2 Å². The van der Waals surface area contributed by atoms with Crippen molar-refractivity contribution in [1.82, 2.24) is 10.6 Å². The standard InChI is InChI=1S/C25H24ClF3N2O/c1-30-24(32)23(18-7-3-2-4-8-18)31-22(20-9-5-6-10-21(20)26)16-13-17-11-14-19(15-12-17)25(27,28)29/h2-12,14-15,22-23,31H,13,16H2,1H3,(H,30,32)/t22-,23-/m0/s1. The van der Waals surface area contributed by atoms with E-state index in [2.05, 4.69) is 10.6 Å². The Bertz CT molecular complexity index is 1020. The van der Waals surface area contributed by atoms with E-state index in [4.69, 9.17) is 11.6 Å². The Morgan fingerprint density at radius 3 is 2.16 bits per heavy atom. The van der Waals surface area contributed by atoms with Gasteiger partial charge in [-0.1, -0.05) is 72.3 Å². The molecule has 0 saturated heterocycles. The second-order valence-electron chi connectivity index (χ2n) is 7.43. The van der Waals surface area contributed by atoms with Gasteiger partial charge in [-0.3, -0.25) is 10.1 Å². The van der Waals surface area contributed by atoms with Crippen molar-refractivity contribution in [1.29, 1.82) is 0 Å². The van der Waals surface area contributed by atoms with Gasteiger partial charge < -0.3 is 5.32 Å². The third kappa shape index (κ3) is 6.11. The Hall–Kier alpha value is -2.83. The monoisotopic (exact) mass is 460 g/mol. The van der Waals surface area contributed by atoms with Gasteiger partial charge in [0.05, 0.1) is 5.56 Å². The lowest BCUT2D eigenvalue weighted by molar-refractivity contribution is -0.137. The van der Waals surface area contributed by atoms with Crippen LogP contribution in [0.3, 0.4) is 0 Å². The molecule has 0 heterocycles. The van der Waals surface area contributed by atoms with E-state index in [-0.39, 0.29) is 11.9 Å². The van der Waals surface area contributed by atoms with Crippen LogP contribution in [0.2, 0.25) is 5.02 Å². The molecule has 2 atom stereocenters. The molecular formula is C25H24ClF3N2O. The van der Waals surface area contributed by atoms with E-state index in [0.717, 1.165) is 28.8 Å². The molecule has 32 heavy (non-hydrogen) atoms. The molecule has 0 fully saturated rings. The predicted octanol–water partition coefficient (Wildman–Crippen LogP) is 6.11. The van der Waals surface area contributed by atoms with Gasteiger partial charge in [-0.25, -0.2) is 0 Å². The third-order valence-electron chi connectivity index (χ3n) is 5.29. The summed E-state index contributed by atoms with van der Waals surface area (Å²) in [5, 5.41) is 6.65. The first-order chi connectivity index (χ1) is 15.3. The Labute approximate surface area is 190 Å². The molecule has 0 aromatic heterocycles. The minimum atomic E-state index is -4.36. The minimum Gasteiger partial charge on any atom is -0.358 e. The molecule has 0 spiro atoms. The number of carbonyl (C=O) groups excluding carboxylic acids is 1. The fourth-order valence-corrected chi connectivity index (χ4v) is 3.84. The summed E-state index contributed by atoms with van der Waals surface area (Å²) in [5.41, 5.74) is 1.73. The number of benzene rings is 3. The number of hydrogen-bond donors (Lipinski definition) is 2. The predicted molar refractivity (Wildman–Crippen MR) is 120 cm³/mol. The summed E-state index contributed by atoms with van der Waals surface area (Å²) in [5.74, 6) is -0.192. The lowest BCUT2D eigenvalue weighted by Gasteiger charge is -2.26. The maximum atomic E-state index is 12.9. The maximum Gasteiger partial charge on any atom is 0.416 e. The van der Waals surface area contributed by atoms with Crippen LogP contribution in [0.25, 0.3) is 0 Å². The van der Waals surface area contributed by atoms with Gasteiger partial charge in [0.15, 0.2) is 0 Å². The SMILES string of the molecule is CNC(=O)[C@@H](N[C@@H](CCc1ccc(C(F)(F)F)cc1)c1ccccc1Cl)c1ccccc1. The first kappa shape index (κ1) is 23.8. The molecule has 3 aromatic carbocycles. The average Bonchev–Trinajstić information content (AvgIpc) is 2.79. The summed E-state index contributed by atoms with van der Waals surface area (Å²) in [7, 11) is 1.58. The molecule has 2 N–H and O–H groups in total. The Morgan fingerprint density at radius 2 is 1.56 bits per heavy atom. The van der Waals surface area contributed by atoms with Crippen LogP contribution in [0.15, 0.2) is 78.9 Å². The van der Waals surface area contributed by atoms with Gasteiger partial charge >= 0.3 is 6.18 Å². The molecule has 1 amide bonds. The number of rotatable bonds is 8. The highest BCUT2D eigenvalue weighted by molar-refractivity contribution is 6.31. The van der Waals surface area contributed by atoms with E-state index in [1.54, 1.807) is 13.1 Å².